The molecular weight excluding hydrogens is 648 g/mol. The Hall–Kier alpha value is -4.36. The minimum absolute atomic E-state index is 0.0343. The minimum Gasteiger partial charge on any atom is -0.461 e. The summed E-state index contributed by atoms with van der Waals surface area (Å²) in [5.41, 5.74) is 1.72. The van der Waals surface area contributed by atoms with E-state index in [0.29, 0.717) is 30.4 Å². The van der Waals surface area contributed by atoms with Crippen LogP contribution in [0.25, 0.3) is 32.1 Å². The number of anilines is 2. The molecule has 0 bridgehead atoms. The number of likely N-dealkylation sites (N-methyl/N-ethyl adjacent to an activating group) is 1. The van der Waals surface area contributed by atoms with E-state index in [9.17, 15) is 32.0 Å². The largest absolute Gasteiger partial charge is 0.461 e. The van der Waals surface area contributed by atoms with Crippen LogP contribution in [0.15, 0.2) is 18.2 Å². The van der Waals surface area contributed by atoms with Crippen molar-refractivity contribution < 1.29 is 35.9 Å². The molecule has 2 N–H and O–H groups in total. The maximum atomic E-state index is 16.9. The van der Waals surface area contributed by atoms with Crippen molar-refractivity contribution in [3.63, 3.8) is 0 Å². The van der Waals surface area contributed by atoms with E-state index in [1.807, 2.05) is 4.90 Å². The van der Waals surface area contributed by atoms with Gasteiger partial charge in [-0.2, -0.15) is 28.4 Å². The normalized spacial score (nSPS) is 22.0. The summed E-state index contributed by atoms with van der Waals surface area (Å²) in [5.74, 6) is -2.71. The van der Waals surface area contributed by atoms with Crippen molar-refractivity contribution >= 4 is 49.1 Å². The molecule has 16 heteroatoms. The van der Waals surface area contributed by atoms with Crippen molar-refractivity contribution in [3.8, 4) is 23.2 Å². The summed E-state index contributed by atoms with van der Waals surface area (Å²) in [6.07, 6.45) is -4.48. The zero-order valence-corrected chi connectivity index (χ0v) is 25.7. The molecular formula is C31H27F6N7O2S. The highest BCUT2D eigenvalue weighted by Gasteiger charge is 2.49. The Labute approximate surface area is 268 Å². The SMILES string of the molecule is CN1CCN(c2nc(OC[C@@]34CCCN3C[C@H](F)C4)nc3c(F)c(-c4ccc(F)c5sc(N)c(C#N)c45)c(C(F)(F)F)cc23)CC1=O. The van der Waals surface area contributed by atoms with Crippen LogP contribution in [0.4, 0.5) is 37.2 Å². The zero-order valence-electron chi connectivity index (χ0n) is 24.9. The number of hydrogen-bond acceptors (Lipinski definition) is 9. The maximum Gasteiger partial charge on any atom is 0.417 e. The molecule has 3 saturated heterocycles. The molecule has 9 nitrogen and oxygen atoms in total. The van der Waals surface area contributed by atoms with Gasteiger partial charge >= 0.3 is 12.2 Å². The molecule has 2 aromatic carbocycles. The van der Waals surface area contributed by atoms with E-state index in [1.165, 1.54) is 9.80 Å². The van der Waals surface area contributed by atoms with E-state index in [0.717, 1.165) is 18.6 Å². The summed E-state index contributed by atoms with van der Waals surface area (Å²) < 4.78 is 96.4. The number of ether oxygens (including phenoxy) is 1. The number of alkyl halides is 4. The minimum atomic E-state index is -5.12. The Kier molecular flexibility index (Phi) is 7.39. The summed E-state index contributed by atoms with van der Waals surface area (Å²) in [6.45, 7) is 1.06. The number of rotatable bonds is 5. The third kappa shape index (κ3) is 5.07. The molecule has 0 radical (unpaired) electrons. The number of hydrogen-bond donors (Lipinski definition) is 1. The van der Waals surface area contributed by atoms with Gasteiger partial charge in [0.1, 0.15) is 41.0 Å². The van der Waals surface area contributed by atoms with Crippen molar-refractivity contribution in [3.05, 3.63) is 41.0 Å². The van der Waals surface area contributed by atoms with Crippen LogP contribution in [0, 0.1) is 23.0 Å². The topological polar surface area (TPSA) is 112 Å². The molecule has 5 heterocycles. The first-order valence-electron chi connectivity index (χ1n) is 14.8. The first-order chi connectivity index (χ1) is 22.3. The van der Waals surface area contributed by atoms with Crippen LogP contribution in [0.3, 0.4) is 0 Å². The molecule has 1 amide bonds. The number of nitriles is 1. The Bertz CT molecular complexity index is 2000. The fourth-order valence-electron chi connectivity index (χ4n) is 7.08. The third-order valence-corrected chi connectivity index (χ3v) is 10.4. The summed E-state index contributed by atoms with van der Waals surface area (Å²) in [4.78, 5) is 26.2. The van der Waals surface area contributed by atoms with Crippen LogP contribution in [0.2, 0.25) is 0 Å². The lowest BCUT2D eigenvalue weighted by molar-refractivity contribution is -0.137. The first-order valence-corrected chi connectivity index (χ1v) is 15.7. The first kappa shape index (κ1) is 31.3. The second-order valence-corrected chi connectivity index (χ2v) is 13.2. The summed E-state index contributed by atoms with van der Waals surface area (Å²) in [7, 11) is 1.59. The Morgan fingerprint density at radius 3 is 2.72 bits per heavy atom. The highest BCUT2D eigenvalue weighted by Crippen LogP contribution is 2.48. The number of benzene rings is 2. The summed E-state index contributed by atoms with van der Waals surface area (Å²) in [5, 5.41) is 9.05. The van der Waals surface area contributed by atoms with Crippen LogP contribution < -0.4 is 15.4 Å². The molecule has 3 aliphatic rings. The maximum absolute atomic E-state index is 16.9. The molecule has 0 spiro atoms. The predicted molar refractivity (Wildman–Crippen MR) is 163 cm³/mol. The zero-order chi connectivity index (χ0) is 33.4. The van der Waals surface area contributed by atoms with E-state index in [4.69, 9.17) is 10.5 Å². The fraction of sp³-hybridized carbons (Fsp3) is 0.419. The number of fused-ring (bicyclic) bond motifs is 3. The van der Waals surface area contributed by atoms with E-state index >= 15 is 4.39 Å². The Balaban J connectivity index is 1.46. The lowest BCUT2D eigenvalue weighted by Crippen LogP contribution is -2.49. The van der Waals surface area contributed by atoms with E-state index in [2.05, 4.69) is 9.97 Å². The molecule has 3 aliphatic heterocycles. The van der Waals surface area contributed by atoms with Crippen molar-refractivity contribution in [2.24, 2.45) is 0 Å². The number of aromatic nitrogens is 2. The number of nitrogens with zero attached hydrogens (tertiary/aromatic N) is 6. The molecule has 4 aromatic rings. The lowest BCUT2D eigenvalue weighted by atomic mass is 9.92. The van der Waals surface area contributed by atoms with E-state index < -0.39 is 51.7 Å². The molecule has 246 valence electrons. The van der Waals surface area contributed by atoms with Crippen molar-refractivity contribution in [2.75, 3.05) is 57.0 Å². The Morgan fingerprint density at radius 2 is 2.00 bits per heavy atom. The van der Waals surface area contributed by atoms with Gasteiger partial charge in [0.15, 0.2) is 5.82 Å². The quantitative estimate of drug-likeness (QED) is 0.277. The second-order valence-electron chi connectivity index (χ2n) is 12.2. The van der Waals surface area contributed by atoms with E-state index in [1.54, 1.807) is 13.1 Å². The van der Waals surface area contributed by atoms with Crippen molar-refractivity contribution in [2.45, 2.75) is 37.1 Å². The van der Waals surface area contributed by atoms with Crippen LogP contribution in [-0.2, 0) is 11.0 Å². The standard InChI is InChI=1S/C31H27F6N7O2S/c1-42-7-8-43(13-21(42)45)28-17-9-19(31(35,36)37)23(16-3-4-20(33)26-22(16)18(11-38)27(39)47-26)24(34)25(17)40-29(41-28)46-14-30-5-2-6-44(30)12-15(32)10-30/h3-4,9,15H,2,5-8,10,12-14,39H2,1H3/t15-,30+/m1/s1. The predicted octanol–water partition coefficient (Wildman–Crippen LogP) is 5.50. The number of amides is 1. The average molecular weight is 676 g/mol. The number of carbonyl (C=O) groups excluding carboxylic acids is 1. The van der Waals surface area contributed by atoms with Crippen LogP contribution in [0.1, 0.15) is 30.4 Å². The van der Waals surface area contributed by atoms with Crippen LogP contribution >= 0.6 is 11.3 Å². The van der Waals surface area contributed by atoms with Gasteiger partial charge in [0.25, 0.3) is 0 Å². The number of halogens is 6. The molecule has 7 rings (SSSR count). The van der Waals surface area contributed by atoms with E-state index in [-0.39, 0.29) is 83.0 Å². The highest BCUT2D eigenvalue weighted by atomic mass is 32.1. The third-order valence-electron chi connectivity index (χ3n) is 9.38. The monoisotopic (exact) mass is 675 g/mol. The van der Waals surface area contributed by atoms with Gasteiger partial charge in [-0.3, -0.25) is 9.69 Å². The van der Waals surface area contributed by atoms with Gasteiger partial charge in [0.2, 0.25) is 5.91 Å². The molecule has 2 aromatic heterocycles. The summed E-state index contributed by atoms with van der Waals surface area (Å²) >= 11 is 0.669. The molecule has 0 saturated carbocycles. The summed E-state index contributed by atoms with van der Waals surface area (Å²) in [6, 6.07) is 4.02. The number of thiophene rings is 1. The Morgan fingerprint density at radius 1 is 1.21 bits per heavy atom. The van der Waals surface area contributed by atoms with Crippen molar-refractivity contribution in [1.29, 1.82) is 5.26 Å². The van der Waals surface area contributed by atoms with Gasteiger partial charge in [-0.05, 0) is 37.1 Å². The van der Waals surface area contributed by atoms with Crippen molar-refractivity contribution in [1.82, 2.24) is 19.8 Å². The van der Waals surface area contributed by atoms with Gasteiger partial charge in [0.05, 0.1) is 27.9 Å². The molecule has 0 aliphatic carbocycles. The van der Waals surface area contributed by atoms with Crippen LogP contribution in [-0.4, -0.2) is 83.8 Å². The fourth-order valence-corrected chi connectivity index (χ4v) is 8.03. The van der Waals surface area contributed by atoms with Crippen LogP contribution in [0.5, 0.6) is 6.01 Å². The molecule has 3 fully saturated rings. The molecule has 0 unspecified atom stereocenters. The van der Waals surface area contributed by atoms with Gasteiger partial charge in [0, 0.05) is 49.4 Å². The van der Waals surface area contributed by atoms with Gasteiger partial charge in [-0.1, -0.05) is 6.07 Å². The number of nitrogen functional groups attached to an aromatic ring is 1. The number of carbonyl (C=O) groups is 1. The van der Waals surface area contributed by atoms with Gasteiger partial charge in [-0.25, -0.2) is 13.2 Å². The van der Waals surface area contributed by atoms with Gasteiger partial charge < -0.3 is 20.3 Å². The molecule has 47 heavy (non-hydrogen) atoms. The molecule has 2 atom stereocenters. The lowest BCUT2D eigenvalue weighted by Gasteiger charge is -2.34. The van der Waals surface area contributed by atoms with Gasteiger partial charge in [-0.15, -0.1) is 11.3 Å². The highest BCUT2D eigenvalue weighted by molar-refractivity contribution is 7.23. The number of nitrogens with two attached hydrogens (primary N) is 1. The smallest absolute Gasteiger partial charge is 0.417 e. The number of piperazine rings is 1. The second kappa shape index (κ2) is 11.1. The average Bonchev–Trinajstić information content (AvgIpc) is 3.66.